The first-order valence-electron chi connectivity index (χ1n) is 19.5. The SMILES string of the molecule is c1ccc(-c2cc(-c3ccccc3)cc(-n3c4ccccc4c4ccc5ccn(-c6cccc(-c7nc(-c8ccccc8)nc(-c8ccccc8)n7)c6)c5c43)c2)cc1. The highest BCUT2D eigenvalue weighted by Crippen LogP contribution is 2.40. The smallest absolute Gasteiger partial charge is 0.164 e. The number of aromatic nitrogens is 5. The van der Waals surface area contributed by atoms with Crippen molar-refractivity contribution in [3.63, 3.8) is 0 Å². The molecule has 272 valence electrons. The van der Waals surface area contributed by atoms with Crippen LogP contribution < -0.4 is 0 Å². The summed E-state index contributed by atoms with van der Waals surface area (Å²) in [4.78, 5) is 15.0. The van der Waals surface area contributed by atoms with E-state index in [1.54, 1.807) is 0 Å². The molecule has 5 nitrogen and oxygen atoms in total. The monoisotopic (exact) mass is 741 g/mol. The average Bonchev–Trinajstić information content (AvgIpc) is 3.90. The summed E-state index contributed by atoms with van der Waals surface area (Å²) >= 11 is 0. The van der Waals surface area contributed by atoms with Crippen LogP contribution in [0.25, 0.3) is 101 Å². The van der Waals surface area contributed by atoms with E-state index in [1.807, 2.05) is 60.7 Å². The zero-order valence-corrected chi connectivity index (χ0v) is 31.4. The molecule has 0 atom stereocenters. The zero-order chi connectivity index (χ0) is 38.4. The molecular weight excluding hydrogens is 707 g/mol. The topological polar surface area (TPSA) is 48.5 Å². The van der Waals surface area contributed by atoms with Crippen LogP contribution in [0.1, 0.15) is 0 Å². The van der Waals surface area contributed by atoms with Crippen molar-refractivity contribution in [3.05, 3.63) is 212 Å². The Hall–Kier alpha value is -7.89. The minimum Gasteiger partial charge on any atom is -0.315 e. The Morgan fingerprint density at radius 2 is 0.810 bits per heavy atom. The minimum absolute atomic E-state index is 0.622. The van der Waals surface area contributed by atoms with Crippen LogP contribution in [-0.2, 0) is 0 Å². The van der Waals surface area contributed by atoms with Crippen LogP contribution in [0.2, 0.25) is 0 Å². The van der Waals surface area contributed by atoms with Crippen molar-refractivity contribution < 1.29 is 0 Å². The third-order valence-corrected chi connectivity index (χ3v) is 11.0. The van der Waals surface area contributed by atoms with Gasteiger partial charge in [-0.05, 0) is 64.7 Å². The molecule has 0 unspecified atom stereocenters. The Balaban J connectivity index is 1.14. The number of fused-ring (bicyclic) bond motifs is 5. The molecule has 0 amide bonds. The van der Waals surface area contributed by atoms with Gasteiger partial charge in [-0.25, -0.2) is 15.0 Å². The maximum Gasteiger partial charge on any atom is 0.164 e. The van der Waals surface area contributed by atoms with Crippen molar-refractivity contribution in [2.75, 3.05) is 0 Å². The third-order valence-electron chi connectivity index (χ3n) is 11.0. The number of hydrogen-bond donors (Lipinski definition) is 0. The summed E-state index contributed by atoms with van der Waals surface area (Å²) in [5.41, 5.74) is 13.0. The van der Waals surface area contributed by atoms with E-state index in [0.29, 0.717) is 17.5 Å². The van der Waals surface area contributed by atoms with Crippen LogP contribution in [0.5, 0.6) is 0 Å². The van der Waals surface area contributed by atoms with E-state index in [-0.39, 0.29) is 0 Å². The number of hydrogen-bond acceptors (Lipinski definition) is 3. The van der Waals surface area contributed by atoms with Crippen LogP contribution in [0, 0.1) is 0 Å². The molecule has 0 N–H and O–H groups in total. The molecule has 58 heavy (non-hydrogen) atoms. The summed E-state index contributed by atoms with van der Waals surface area (Å²) in [5.74, 6) is 1.90. The van der Waals surface area contributed by atoms with Gasteiger partial charge in [0.05, 0.1) is 16.6 Å². The quantitative estimate of drug-likeness (QED) is 0.163. The molecule has 11 aromatic rings. The molecule has 0 fully saturated rings. The fourth-order valence-corrected chi connectivity index (χ4v) is 8.22. The van der Waals surface area contributed by atoms with Gasteiger partial charge in [-0.15, -0.1) is 0 Å². The molecule has 0 aliphatic carbocycles. The van der Waals surface area contributed by atoms with Gasteiger partial charge in [-0.1, -0.05) is 164 Å². The molecule has 0 radical (unpaired) electrons. The van der Waals surface area contributed by atoms with E-state index in [4.69, 9.17) is 15.0 Å². The van der Waals surface area contributed by atoms with E-state index < -0.39 is 0 Å². The molecule has 0 aliphatic heterocycles. The van der Waals surface area contributed by atoms with Gasteiger partial charge in [0, 0.05) is 50.4 Å². The lowest BCUT2D eigenvalue weighted by molar-refractivity contribution is 1.07. The van der Waals surface area contributed by atoms with E-state index >= 15 is 0 Å². The lowest BCUT2D eigenvalue weighted by Gasteiger charge is -2.16. The molecule has 0 saturated heterocycles. The van der Waals surface area contributed by atoms with Gasteiger partial charge in [0.15, 0.2) is 17.5 Å². The fraction of sp³-hybridized carbons (Fsp3) is 0. The molecule has 0 bridgehead atoms. The van der Waals surface area contributed by atoms with E-state index in [0.717, 1.165) is 50.0 Å². The van der Waals surface area contributed by atoms with Gasteiger partial charge in [-0.3, -0.25) is 0 Å². The second-order valence-electron chi connectivity index (χ2n) is 14.5. The zero-order valence-electron chi connectivity index (χ0n) is 31.4. The Morgan fingerprint density at radius 1 is 0.310 bits per heavy atom. The maximum absolute atomic E-state index is 5.05. The second-order valence-corrected chi connectivity index (χ2v) is 14.5. The summed E-state index contributed by atoms with van der Waals surface area (Å²) in [7, 11) is 0. The van der Waals surface area contributed by atoms with E-state index in [1.165, 1.54) is 33.0 Å². The predicted octanol–water partition coefficient (Wildman–Crippen LogP) is 13.2. The van der Waals surface area contributed by atoms with Crippen molar-refractivity contribution in [2.24, 2.45) is 0 Å². The van der Waals surface area contributed by atoms with Crippen molar-refractivity contribution in [3.8, 4) is 67.8 Å². The highest BCUT2D eigenvalue weighted by Gasteiger charge is 2.20. The molecule has 11 rings (SSSR count). The summed E-state index contributed by atoms with van der Waals surface area (Å²) in [5, 5.41) is 3.56. The predicted molar refractivity (Wildman–Crippen MR) is 238 cm³/mol. The Morgan fingerprint density at radius 3 is 1.41 bits per heavy atom. The first-order chi connectivity index (χ1) is 28.7. The molecular formula is C53H35N5. The first kappa shape index (κ1) is 33.4. The highest BCUT2D eigenvalue weighted by atomic mass is 15.0. The summed E-state index contributed by atoms with van der Waals surface area (Å²) in [6, 6.07) is 72.5. The van der Waals surface area contributed by atoms with Crippen molar-refractivity contribution in [1.29, 1.82) is 0 Å². The van der Waals surface area contributed by atoms with Crippen LogP contribution in [0.4, 0.5) is 0 Å². The molecule has 5 heteroatoms. The molecule has 8 aromatic carbocycles. The highest BCUT2D eigenvalue weighted by molar-refractivity contribution is 6.18. The number of nitrogens with zero attached hydrogens (tertiary/aromatic N) is 5. The summed E-state index contributed by atoms with van der Waals surface area (Å²) < 4.78 is 4.77. The van der Waals surface area contributed by atoms with Crippen molar-refractivity contribution in [1.82, 2.24) is 24.1 Å². The van der Waals surface area contributed by atoms with E-state index in [2.05, 4.69) is 161 Å². The van der Waals surface area contributed by atoms with Gasteiger partial charge in [0.1, 0.15) is 0 Å². The molecule has 3 aromatic heterocycles. The lowest BCUT2D eigenvalue weighted by atomic mass is 9.98. The number of para-hydroxylation sites is 1. The number of benzene rings is 8. The molecule has 0 aliphatic rings. The molecule has 3 heterocycles. The largest absolute Gasteiger partial charge is 0.315 e. The Labute approximate surface area is 335 Å². The van der Waals surface area contributed by atoms with Crippen molar-refractivity contribution >= 4 is 32.7 Å². The van der Waals surface area contributed by atoms with Crippen LogP contribution >= 0.6 is 0 Å². The van der Waals surface area contributed by atoms with Gasteiger partial charge in [-0.2, -0.15) is 0 Å². The van der Waals surface area contributed by atoms with Crippen molar-refractivity contribution in [2.45, 2.75) is 0 Å². The second kappa shape index (κ2) is 14.0. The Bertz CT molecular complexity index is 3140. The first-order valence-corrected chi connectivity index (χ1v) is 19.5. The van der Waals surface area contributed by atoms with Gasteiger partial charge >= 0.3 is 0 Å². The van der Waals surface area contributed by atoms with Crippen LogP contribution in [0.15, 0.2) is 212 Å². The lowest BCUT2D eigenvalue weighted by Crippen LogP contribution is -2.01. The summed E-state index contributed by atoms with van der Waals surface area (Å²) in [6.45, 7) is 0. The minimum atomic E-state index is 0.622. The maximum atomic E-state index is 5.05. The van der Waals surface area contributed by atoms with E-state index in [9.17, 15) is 0 Å². The van der Waals surface area contributed by atoms with Gasteiger partial charge in [0.25, 0.3) is 0 Å². The number of rotatable bonds is 7. The van der Waals surface area contributed by atoms with Crippen LogP contribution in [0.3, 0.4) is 0 Å². The summed E-state index contributed by atoms with van der Waals surface area (Å²) in [6.07, 6.45) is 2.18. The van der Waals surface area contributed by atoms with Crippen LogP contribution in [-0.4, -0.2) is 24.1 Å². The average molecular weight is 742 g/mol. The molecule has 0 saturated carbocycles. The third kappa shape index (κ3) is 5.85. The fourth-order valence-electron chi connectivity index (χ4n) is 8.22. The Kier molecular flexibility index (Phi) is 8.07. The van der Waals surface area contributed by atoms with Gasteiger partial charge < -0.3 is 9.13 Å². The normalized spacial score (nSPS) is 11.4. The molecule has 0 spiro atoms. The standard InChI is InChI=1S/C53H35N5/c1-5-16-36(17-6-1)42-32-43(37-18-7-2-8-19-37)35-45(34-42)58-48-27-14-13-26-46(48)47-29-28-38-30-31-57(49(38)50(47)58)44-25-15-24-41(33-44)53-55-51(39-20-9-3-10-21-39)54-52(56-53)40-22-11-4-12-23-40/h1-35H. The van der Waals surface area contributed by atoms with Gasteiger partial charge in [0.2, 0.25) is 0 Å².